The SMILES string of the molecule is CC(C)CNC(=O)CNC[C@@H](O)[C@@H](N)Cc1cc(F)cc(F)c1. The van der Waals surface area contributed by atoms with Crippen LogP contribution in [-0.4, -0.2) is 42.8 Å². The third-order valence-electron chi connectivity index (χ3n) is 3.23. The molecule has 0 heterocycles. The van der Waals surface area contributed by atoms with Crippen molar-refractivity contribution in [2.45, 2.75) is 32.4 Å². The summed E-state index contributed by atoms with van der Waals surface area (Å²) in [4.78, 5) is 11.5. The molecule has 0 radical (unpaired) electrons. The number of hydrogen-bond acceptors (Lipinski definition) is 4. The zero-order valence-electron chi connectivity index (χ0n) is 13.5. The van der Waals surface area contributed by atoms with Crippen molar-refractivity contribution in [2.75, 3.05) is 19.6 Å². The first kappa shape index (κ1) is 19.5. The number of nitrogens with two attached hydrogens (primary N) is 1. The minimum atomic E-state index is -0.931. The summed E-state index contributed by atoms with van der Waals surface area (Å²) in [5.41, 5.74) is 6.21. The van der Waals surface area contributed by atoms with Crippen molar-refractivity contribution in [3.63, 3.8) is 0 Å². The molecule has 0 spiro atoms. The fourth-order valence-electron chi connectivity index (χ4n) is 2.00. The fraction of sp³-hybridized carbons (Fsp3) is 0.562. The van der Waals surface area contributed by atoms with Crippen molar-refractivity contribution in [1.29, 1.82) is 0 Å². The maximum Gasteiger partial charge on any atom is 0.233 e. The van der Waals surface area contributed by atoms with E-state index in [4.69, 9.17) is 5.73 Å². The van der Waals surface area contributed by atoms with Crippen LogP contribution in [0.25, 0.3) is 0 Å². The second-order valence-electron chi connectivity index (χ2n) is 6.04. The van der Waals surface area contributed by atoms with E-state index < -0.39 is 23.8 Å². The van der Waals surface area contributed by atoms with Gasteiger partial charge in [-0.2, -0.15) is 0 Å². The molecule has 0 aliphatic heterocycles. The van der Waals surface area contributed by atoms with Crippen LogP contribution < -0.4 is 16.4 Å². The highest BCUT2D eigenvalue weighted by atomic mass is 19.1. The average molecular weight is 329 g/mol. The molecule has 0 aromatic heterocycles. The number of benzene rings is 1. The van der Waals surface area contributed by atoms with E-state index in [0.717, 1.165) is 6.07 Å². The number of nitrogens with one attached hydrogen (secondary N) is 2. The van der Waals surface area contributed by atoms with Crippen LogP contribution in [0.15, 0.2) is 18.2 Å². The van der Waals surface area contributed by atoms with Crippen molar-refractivity contribution >= 4 is 5.91 Å². The Morgan fingerprint density at radius 3 is 2.39 bits per heavy atom. The average Bonchev–Trinajstić information content (AvgIpc) is 2.43. The lowest BCUT2D eigenvalue weighted by molar-refractivity contribution is -0.120. The molecule has 0 aliphatic rings. The number of hydrogen-bond donors (Lipinski definition) is 4. The number of carbonyl (C=O) groups is 1. The maximum absolute atomic E-state index is 13.1. The first-order valence-corrected chi connectivity index (χ1v) is 7.64. The summed E-state index contributed by atoms with van der Waals surface area (Å²) < 4.78 is 26.2. The minimum Gasteiger partial charge on any atom is -0.390 e. The Labute approximate surface area is 135 Å². The summed E-state index contributed by atoms with van der Waals surface area (Å²) in [6.07, 6.45) is -0.795. The molecule has 5 N–H and O–H groups in total. The monoisotopic (exact) mass is 329 g/mol. The maximum atomic E-state index is 13.1. The molecule has 23 heavy (non-hydrogen) atoms. The zero-order valence-corrected chi connectivity index (χ0v) is 13.5. The third kappa shape index (κ3) is 8.01. The van der Waals surface area contributed by atoms with E-state index in [1.807, 2.05) is 13.8 Å². The lowest BCUT2D eigenvalue weighted by atomic mass is 10.0. The summed E-state index contributed by atoms with van der Waals surface area (Å²) in [5.74, 6) is -1.15. The first-order valence-electron chi connectivity index (χ1n) is 7.64. The van der Waals surface area contributed by atoms with E-state index in [1.165, 1.54) is 12.1 Å². The Morgan fingerprint density at radius 1 is 1.22 bits per heavy atom. The van der Waals surface area contributed by atoms with Crippen LogP contribution in [0, 0.1) is 17.6 Å². The summed E-state index contributed by atoms with van der Waals surface area (Å²) in [5, 5.41) is 15.5. The molecule has 0 aliphatic carbocycles. The van der Waals surface area contributed by atoms with E-state index in [1.54, 1.807) is 0 Å². The molecule has 1 aromatic carbocycles. The van der Waals surface area contributed by atoms with Gasteiger partial charge in [-0.3, -0.25) is 4.79 Å². The van der Waals surface area contributed by atoms with Gasteiger partial charge in [0.15, 0.2) is 0 Å². The fourth-order valence-corrected chi connectivity index (χ4v) is 2.00. The van der Waals surface area contributed by atoms with Gasteiger partial charge in [-0.05, 0) is 30.0 Å². The molecule has 1 amide bonds. The number of carbonyl (C=O) groups excluding carboxylic acids is 1. The molecule has 0 saturated carbocycles. The molecule has 1 aromatic rings. The molecule has 1 rings (SSSR count). The standard InChI is InChI=1S/C16H25F2N3O2/c1-10(2)7-21-16(23)9-20-8-15(22)14(19)5-11-3-12(17)6-13(18)4-11/h3-4,6,10,14-15,20,22H,5,7-9,19H2,1-2H3,(H,21,23)/t14-,15+/m0/s1. The van der Waals surface area contributed by atoms with Crippen molar-refractivity contribution in [3.05, 3.63) is 35.4 Å². The van der Waals surface area contributed by atoms with Crippen LogP contribution in [0.2, 0.25) is 0 Å². The van der Waals surface area contributed by atoms with Gasteiger partial charge in [0.25, 0.3) is 0 Å². The van der Waals surface area contributed by atoms with E-state index >= 15 is 0 Å². The van der Waals surface area contributed by atoms with E-state index in [-0.39, 0.29) is 25.4 Å². The molecule has 0 saturated heterocycles. The van der Waals surface area contributed by atoms with E-state index in [9.17, 15) is 18.7 Å². The van der Waals surface area contributed by atoms with Crippen molar-refractivity contribution in [3.8, 4) is 0 Å². The summed E-state index contributed by atoms with van der Waals surface area (Å²) in [6, 6.07) is 2.45. The van der Waals surface area contributed by atoms with Crippen LogP contribution in [0.3, 0.4) is 0 Å². The highest BCUT2D eigenvalue weighted by Crippen LogP contribution is 2.10. The highest BCUT2D eigenvalue weighted by Gasteiger charge is 2.16. The Kier molecular flexibility index (Phi) is 8.08. The molecule has 0 bridgehead atoms. The molecule has 130 valence electrons. The number of aliphatic hydroxyl groups is 1. The second-order valence-corrected chi connectivity index (χ2v) is 6.04. The predicted octanol–water partition coefficient (Wildman–Crippen LogP) is 0.557. The van der Waals surface area contributed by atoms with Gasteiger partial charge in [0.2, 0.25) is 5.91 Å². The van der Waals surface area contributed by atoms with Crippen molar-refractivity contribution < 1.29 is 18.7 Å². The third-order valence-corrected chi connectivity index (χ3v) is 3.23. The predicted molar refractivity (Wildman–Crippen MR) is 84.8 cm³/mol. The van der Waals surface area contributed by atoms with Gasteiger partial charge < -0.3 is 21.5 Å². The second kappa shape index (κ2) is 9.54. The number of aliphatic hydroxyl groups excluding tert-OH is 1. The number of amides is 1. The van der Waals surface area contributed by atoms with Crippen LogP contribution in [0.1, 0.15) is 19.4 Å². The summed E-state index contributed by atoms with van der Waals surface area (Å²) in [7, 11) is 0. The number of halogens is 2. The molecule has 0 fully saturated rings. The molecular formula is C16H25F2N3O2. The van der Waals surface area contributed by atoms with Gasteiger partial charge in [0, 0.05) is 25.2 Å². The number of rotatable bonds is 9. The van der Waals surface area contributed by atoms with E-state index in [0.29, 0.717) is 18.0 Å². The summed E-state index contributed by atoms with van der Waals surface area (Å²) in [6.45, 7) is 4.77. The summed E-state index contributed by atoms with van der Waals surface area (Å²) >= 11 is 0. The van der Waals surface area contributed by atoms with E-state index in [2.05, 4.69) is 10.6 Å². The smallest absolute Gasteiger partial charge is 0.233 e. The Hall–Kier alpha value is -1.57. The Bertz CT molecular complexity index is 492. The zero-order chi connectivity index (χ0) is 17.4. The van der Waals surface area contributed by atoms with Crippen LogP contribution >= 0.6 is 0 Å². The van der Waals surface area contributed by atoms with Crippen LogP contribution in [0.5, 0.6) is 0 Å². The molecule has 0 unspecified atom stereocenters. The first-order chi connectivity index (χ1) is 10.8. The Balaban J connectivity index is 2.33. The molecule has 2 atom stereocenters. The largest absolute Gasteiger partial charge is 0.390 e. The van der Waals surface area contributed by atoms with Gasteiger partial charge in [-0.15, -0.1) is 0 Å². The lowest BCUT2D eigenvalue weighted by Gasteiger charge is -2.19. The van der Waals surface area contributed by atoms with Gasteiger partial charge >= 0.3 is 0 Å². The van der Waals surface area contributed by atoms with Gasteiger partial charge in [0.05, 0.1) is 12.6 Å². The lowest BCUT2D eigenvalue weighted by Crippen LogP contribution is -2.45. The topological polar surface area (TPSA) is 87.4 Å². The minimum absolute atomic E-state index is 0.0745. The van der Waals surface area contributed by atoms with Gasteiger partial charge in [-0.25, -0.2) is 8.78 Å². The van der Waals surface area contributed by atoms with Crippen molar-refractivity contribution in [2.24, 2.45) is 11.7 Å². The molecule has 5 nitrogen and oxygen atoms in total. The highest BCUT2D eigenvalue weighted by molar-refractivity contribution is 5.77. The van der Waals surface area contributed by atoms with Crippen LogP contribution in [-0.2, 0) is 11.2 Å². The molecule has 7 heteroatoms. The van der Waals surface area contributed by atoms with Crippen molar-refractivity contribution in [1.82, 2.24) is 10.6 Å². The van der Waals surface area contributed by atoms with Gasteiger partial charge in [-0.1, -0.05) is 13.8 Å². The Morgan fingerprint density at radius 2 is 1.83 bits per heavy atom. The quantitative estimate of drug-likeness (QED) is 0.533. The molecular weight excluding hydrogens is 304 g/mol. The van der Waals surface area contributed by atoms with Crippen LogP contribution in [0.4, 0.5) is 8.78 Å². The van der Waals surface area contributed by atoms with Gasteiger partial charge in [0.1, 0.15) is 11.6 Å². The normalized spacial score (nSPS) is 13.9.